The average Bonchev–Trinajstić information content (AvgIpc) is 3.23. The van der Waals surface area contributed by atoms with Gasteiger partial charge in [-0.15, -0.1) is 0 Å². The molecule has 0 radical (unpaired) electrons. The number of benzene rings is 2. The fourth-order valence-corrected chi connectivity index (χ4v) is 2.35. The van der Waals surface area contributed by atoms with Crippen LogP contribution >= 0.6 is 0 Å². The van der Waals surface area contributed by atoms with Gasteiger partial charge in [-0.2, -0.15) is 0 Å². The molecule has 0 spiro atoms. The largest absolute Gasteiger partial charge is 0.545 e. The minimum atomic E-state index is -1.31. The molecule has 0 bridgehead atoms. The number of nitrogens with one attached hydrogen (secondary N) is 2. The topological polar surface area (TPSA) is 111 Å². The summed E-state index contributed by atoms with van der Waals surface area (Å²) in [7, 11) is 0. The average molecular weight is 375 g/mol. The van der Waals surface area contributed by atoms with Crippen LogP contribution in [0.2, 0.25) is 0 Å². The minimum absolute atomic E-state index is 0.00317. The first-order valence-corrected chi connectivity index (χ1v) is 8.27. The van der Waals surface area contributed by atoms with Gasteiger partial charge in [0.2, 0.25) is 0 Å². The molecule has 28 heavy (non-hydrogen) atoms. The van der Waals surface area contributed by atoms with E-state index in [2.05, 4.69) is 10.6 Å². The molecule has 2 N–H and O–H groups in total. The van der Waals surface area contributed by atoms with Crippen LogP contribution in [0.5, 0.6) is 0 Å². The van der Waals surface area contributed by atoms with Crippen LogP contribution in [0.25, 0.3) is 6.08 Å². The molecular formula is C21H15N2O5-. The summed E-state index contributed by atoms with van der Waals surface area (Å²) in [5, 5.41) is 16.0. The monoisotopic (exact) mass is 375 g/mol. The summed E-state index contributed by atoms with van der Waals surface area (Å²) in [6, 6.07) is 17.5. The normalized spacial score (nSPS) is 10.9. The summed E-state index contributed by atoms with van der Waals surface area (Å²) in [4.78, 5) is 35.8. The highest BCUT2D eigenvalue weighted by atomic mass is 16.4. The molecule has 3 aromatic rings. The number of hydrogen-bond acceptors (Lipinski definition) is 5. The fourth-order valence-electron chi connectivity index (χ4n) is 2.35. The van der Waals surface area contributed by atoms with E-state index in [1.54, 1.807) is 30.3 Å². The number of amides is 2. The number of anilines is 1. The number of carboxylic acid groups (broad SMARTS) is 1. The van der Waals surface area contributed by atoms with E-state index in [1.807, 2.05) is 6.07 Å². The Morgan fingerprint density at radius 3 is 2.21 bits per heavy atom. The third-order valence-electron chi connectivity index (χ3n) is 3.73. The second-order valence-electron chi connectivity index (χ2n) is 5.72. The first kappa shape index (κ1) is 18.7. The number of hydrogen-bond donors (Lipinski definition) is 2. The summed E-state index contributed by atoms with van der Waals surface area (Å²) in [5.74, 6) is -2.40. The summed E-state index contributed by atoms with van der Waals surface area (Å²) >= 11 is 0. The second kappa shape index (κ2) is 8.50. The van der Waals surface area contributed by atoms with Crippen LogP contribution in [0.4, 0.5) is 5.69 Å². The van der Waals surface area contributed by atoms with Gasteiger partial charge in [-0.3, -0.25) is 9.59 Å². The predicted molar refractivity (Wildman–Crippen MR) is 100.0 cm³/mol. The summed E-state index contributed by atoms with van der Waals surface area (Å²) < 4.78 is 5.05. The Kier molecular flexibility index (Phi) is 5.66. The molecule has 7 nitrogen and oxygen atoms in total. The van der Waals surface area contributed by atoms with Crippen molar-refractivity contribution in [2.75, 3.05) is 5.32 Å². The van der Waals surface area contributed by atoms with Crippen LogP contribution in [0, 0.1) is 0 Å². The maximum absolute atomic E-state index is 12.7. The zero-order valence-electron chi connectivity index (χ0n) is 14.5. The van der Waals surface area contributed by atoms with Crippen LogP contribution in [-0.2, 0) is 4.79 Å². The highest BCUT2D eigenvalue weighted by Gasteiger charge is 2.16. The number of carbonyl (C=O) groups is 3. The lowest BCUT2D eigenvalue weighted by molar-refractivity contribution is -0.255. The van der Waals surface area contributed by atoms with Crippen molar-refractivity contribution in [3.8, 4) is 0 Å². The van der Waals surface area contributed by atoms with Crippen molar-refractivity contribution in [3.63, 3.8) is 0 Å². The highest BCUT2D eigenvalue weighted by Crippen LogP contribution is 2.12. The van der Waals surface area contributed by atoms with Gasteiger partial charge in [0.1, 0.15) is 5.70 Å². The zero-order chi connectivity index (χ0) is 19.9. The number of carbonyl (C=O) groups excluding carboxylic acids is 3. The molecule has 2 aromatic carbocycles. The second-order valence-corrected chi connectivity index (χ2v) is 5.72. The molecule has 0 saturated carbocycles. The molecule has 0 unspecified atom stereocenters. The summed E-state index contributed by atoms with van der Waals surface area (Å²) in [6.45, 7) is 0. The molecule has 0 aliphatic rings. The molecule has 0 atom stereocenters. The van der Waals surface area contributed by atoms with E-state index in [0.29, 0.717) is 11.3 Å². The van der Waals surface area contributed by atoms with Crippen molar-refractivity contribution < 1.29 is 23.9 Å². The Morgan fingerprint density at radius 2 is 1.61 bits per heavy atom. The van der Waals surface area contributed by atoms with Crippen LogP contribution < -0.4 is 15.7 Å². The van der Waals surface area contributed by atoms with Gasteiger partial charge in [-0.05, 0) is 41.5 Å². The van der Waals surface area contributed by atoms with Gasteiger partial charge in [0.25, 0.3) is 11.8 Å². The minimum Gasteiger partial charge on any atom is -0.545 e. The van der Waals surface area contributed by atoms with Gasteiger partial charge in [-0.25, -0.2) is 0 Å². The van der Waals surface area contributed by atoms with E-state index >= 15 is 0 Å². The van der Waals surface area contributed by atoms with E-state index in [0.717, 1.165) is 0 Å². The van der Waals surface area contributed by atoms with Gasteiger partial charge in [0.15, 0.2) is 5.76 Å². The lowest BCUT2D eigenvalue weighted by Gasteiger charge is -2.11. The molecule has 0 fully saturated rings. The quantitative estimate of drug-likeness (QED) is 0.641. The fraction of sp³-hybridized carbons (Fsp3) is 0. The van der Waals surface area contributed by atoms with Gasteiger partial charge in [0.05, 0.1) is 12.2 Å². The van der Waals surface area contributed by atoms with Gasteiger partial charge in [-0.1, -0.05) is 42.5 Å². The number of rotatable bonds is 6. The Hall–Kier alpha value is -4.13. The van der Waals surface area contributed by atoms with E-state index in [9.17, 15) is 19.5 Å². The Labute approximate surface area is 160 Å². The SMILES string of the molecule is O=C(Nc1ccc(C(=O)[O-])cc1)/C(=C\c1ccccc1)NC(=O)c1ccco1. The standard InChI is InChI=1S/C21H16N2O5/c24-19(22-16-10-8-15(9-11-16)21(26)27)17(13-14-5-2-1-3-6-14)23-20(25)18-7-4-12-28-18/h1-13H,(H,22,24)(H,23,25)(H,26,27)/p-1/b17-13+. The molecule has 140 valence electrons. The van der Waals surface area contributed by atoms with Crippen LogP contribution in [-0.4, -0.2) is 17.8 Å². The highest BCUT2D eigenvalue weighted by molar-refractivity contribution is 6.10. The van der Waals surface area contributed by atoms with Crippen molar-refractivity contribution in [2.45, 2.75) is 0 Å². The molecule has 3 rings (SSSR count). The van der Waals surface area contributed by atoms with Crippen LogP contribution in [0.15, 0.2) is 83.1 Å². The van der Waals surface area contributed by atoms with E-state index in [-0.39, 0.29) is 17.0 Å². The number of carboxylic acids is 1. The zero-order valence-corrected chi connectivity index (χ0v) is 14.5. The molecule has 0 saturated heterocycles. The molecular weight excluding hydrogens is 360 g/mol. The number of aromatic carboxylic acids is 1. The van der Waals surface area contributed by atoms with Crippen molar-refractivity contribution in [1.82, 2.24) is 5.32 Å². The summed E-state index contributed by atoms with van der Waals surface area (Å²) in [5.41, 5.74) is 1.06. The maximum atomic E-state index is 12.7. The van der Waals surface area contributed by atoms with E-state index in [1.165, 1.54) is 42.7 Å². The third-order valence-corrected chi connectivity index (χ3v) is 3.73. The Bertz CT molecular complexity index is 1010. The van der Waals surface area contributed by atoms with Crippen LogP contribution in [0.3, 0.4) is 0 Å². The molecule has 0 aliphatic carbocycles. The molecule has 1 heterocycles. The molecule has 1 aromatic heterocycles. The van der Waals surface area contributed by atoms with Crippen LogP contribution in [0.1, 0.15) is 26.5 Å². The smallest absolute Gasteiger partial charge is 0.291 e. The van der Waals surface area contributed by atoms with E-state index in [4.69, 9.17) is 4.42 Å². The Balaban J connectivity index is 1.83. The van der Waals surface area contributed by atoms with E-state index < -0.39 is 17.8 Å². The maximum Gasteiger partial charge on any atom is 0.291 e. The predicted octanol–water partition coefficient (Wildman–Crippen LogP) is 2.05. The van der Waals surface area contributed by atoms with Gasteiger partial charge >= 0.3 is 0 Å². The van der Waals surface area contributed by atoms with Crippen molar-refractivity contribution >= 4 is 29.5 Å². The first-order valence-electron chi connectivity index (χ1n) is 8.27. The van der Waals surface area contributed by atoms with Crippen molar-refractivity contribution in [3.05, 3.63) is 95.6 Å². The van der Waals surface area contributed by atoms with Gasteiger partial charge in [0, 0.05) is 5.69 Å². The summed E-state index contributed by atoms with van der Waals surface area (Å²) in [6.07, 6.45) is 2.88. The molecule has 0 aliphatic heterocycles. The Morgan fingerprint density at radius 1 is 0.893 bits per heavy atom. The number of furan rings is 1. The third kappa shape index (κ3) is 4.73. The van der Waals surface area contributed by atoms with Crippen molar-refractivity contribution in [1.29, 1.82) is 0 Å². The van der Waals surface area contributed by atoms with Crippen molar-refractivity contribution in [2.24, 2.45) is 0 Å². The molecule has 7 heteroatoms. The lowest BCUT2D eigenvalue weighted by atomic mass is 10.1. The molecule has 2 amide bonds. The lowest BCUT2D eigenvalue weighted by Crippen LogP contribution is -2.30. The van der Waals surface area contributed by atoms with Gasteiger partial charge < -0.3 is 25.0 Å². The first-order chi connectivity index (χ1) is 13.5.